The second kappa shape index (κ2) is 25.1. The molecule has 2 saturated heterocycles. The van der Waals surface area contributed by atoms with Crippen LogP contribution in [0.5, 0.6) is 0 Å². The smallest absolute Gasteiger partial charge is 0.329 e. The van der Waals surface area contributed by atoms with Crippen LogP contribution in [0, 0.1) is 35.5 Å². The number of allylic oxidation sites excluding steroid dienone is 6. The number of amides is 1. The Morgan fingerprint density at radius 2 is 1.58 bits per heavy atom. The number of carbonyl (C=O) groups excluding carboxylic acids is 5. The van der Waals surface area contributed by atoms with Crippen molar-refractivity contribution in [1.29, 1.82) is 0 Å². The standard InChI is InChI=1S/C51H79NO13/c1-30-16-12-11-13-17-31(2)42(61-8)28-38-21-19-36(7)51(60,65-38)48(57)49(58)52-23-15-14-18-39(52)50(59)64-43(33(4)26-37-20-22-40(53)44(27-37)62-9)29-41(54)32(3)25-35(6)46(56)47(63-10)45(55)34(5)24-30/h11-13,16-17,25,30,33-40,42-44,46-47,53,56,60H,14-15,18-24,26-29H2,1-10H3/b13-11?,16-12?,31-17?,32-25+/t30-,33-,34-,35?,36-,37?,38+,39+,40-,42+,43+,44-,46-,47-,51-/m1/s1. The summed E-state index contributed by atoms with van der Waals surface area (Å²) in [6.07, 6.45) is 11.2. The zero-order valence-electron chi connectivity index (χ0n) is 40.6. The number of carbonyl (C=O) groups is 5. The zero-order valence-corrected chi connectivity index (χ0v) is 40.6. The summed E-state index contributed by atoms with van der Waals surface area (Å²) in [5, 5.41) is 33.9. The summed E-state index contributed by atoms with van der Waals surface area (Å²) in [5.41, 5.74) is 1.19. The molecular formula is C51H79NO13. The molecule has 3 N–H and O–H groups in total. The molecule has 3 aliphatic heterocycles. The molecule has 4 rings (SSSR count). The minimum atomic E-state index is -2.43. The lowest BCUT2D eigenvalue weighted by Gasteiger charge is -2.42. The Labute approximate surface area is 387 Å². The fourth-order valence-electron chi connectivity index (χ4n) is 10.1. The van der Waals surface area contributed by atoms with E-state index in [0.717, 1.165) is 12.0 Å². The first kappa shape index (κ1) is 54.2. The van der Waals surface area contributed by atoms with E-state index in [0.29, 0.717) is 63.4 Å². The van der Waals surface area contributed by atoms with Crippen LogP contribution >= 0.6 is 0 Å². The number of hydrogen-bond acceptors (Lipinski definition) is 13. The van der Waals surface area contributed by atoms with Crippen molar-refractivity contribution < 1.29 is 63.0 Å². The maximum Gasteiger partial charge on any atom is 0.329 e. The van der Waals surface area contributed by atoms with Crippen molar-refractivity contribution in [2.75, 3.05) is 27.9 Å². The van der Waals surface area contributed by atoms with Gasteiger partial charge in [0.15, 0.2) is 11.6 Å². The minimum absolute atomic E-state index is 0.0220. The average Bonchev–Trinajstić information content (AvgIpc) is 3.28. The van der Waals surface area contributed by atoms with E-state index in [2.05, 4.69) is 0 Å². The number of aliphatic hydroxyl groups excluding tert-OH is 2. The maximum absolute atomic E-state index is 14.4. The topological polar surface area (TPSA) is 195 Å². The summed E-state index contributed by atoms with van der Waals surface area (Å²) in [6, 6.07) is -1.14. The van der Waals surface area contributed by atoms with Crippen molar-refractivity contribution in [1.82, 2.24) is 4.90 Å². The number of methoxy groups -OCH3 is 3. The minimum Gasteiger partial charge on any atom is -0.460 e. The van der Waals surface area contributed by atoms with E-state index in [4.69, 9.17) is 23.7 Å². The highest BCUT2D eigenvalue weighted by molar-refractivity contribution is 6.39. The molecule has 0 radical (unpaired) electrons. The van der Waals surface area contributed by atoms with Crippen LogP contribution in [0.3, 0.4) is 0 Å². The highest BCUT2D eigenvalue weighted by Crippen LogP contribution is 2.38. The number of aliphatic hydroxyl groups is 3. The largest absolute Gasteiger partial charge is 0.460 e. The summed E-state index contributed by atoms with van der Waals surface area (Å²) >= 11 is 0. The van der Waals surface area contributed by atoms with Crippen LogP contribution in [0.1, 0.15) is 126 Å². The van der Waals surface area contributed by atoms with E-state index in [9.17, 15) is 39.3 Å². The highest BCUT2D eigenvalue weighted by atomic mass is 16.6. The van der Waals surface area contributed by atoms with Gasteiger partial charge >= 0.3 is 5.97 Å². The fraction of sp³-hybridized carbons (Fsp3) is 0.745. The van der Waals surface area contributed by atoms with Crippen LogP contribution in [0.4, 0.5) is 0 Å². The first-order chi connectivity index (χ1) is 30.7. The van der Waals surface area contributed by atoms with Crippen LogP contribution in [-0.4, -0.2) is 132 Å². The second-order valence-electron chi connectivity index (χ2n) is 19.6. The normalized spacial score (nSPS) is 38.6. The highest BCUT2D eigenvalue weighted by Gasteiger charge is 2.53. The average molecular weight is 914 g/mol. The zero-order chi connectivity index (χ0) is 48.2. The van der Waals surface area contributed by atoms with Crippen molar-refractivity contribution in [3.8, 4) is 0 Å². The molecule has 3 heterocycles. The summed E-state index contributed by atoms with van der Waals surface area (Å²) < 4.78 is 29.4. The Morgan fingerprint density at radius 1 is 0.862 bits per heavy atom. The number of rotatable bonds is 6. The molecule has 14 heteroatoms. The van der Waals surface area contributed by atoms with Crippen molar-refractivity contribution in [2.45, 2.75) is 180 Å². The van der Waals surface area contributed by atoms with Crippen molar-refractivity contribution in [3.05, 3.63) is 47.6 Å². The molecule has 4 aliphatic rings. The molecule has 0 aromatic rings. The van der Waals surface area contributed by atoms with Gasteiger partial charge in [-0.2, -0.15) is 0 Å². The first-order valence-electron chi connectivity index (χ1n) is 23.9. The third-order valence-electron chi connectivity index (χ3n) is 14.5. The van der Waals surface area contributed by atoms with Gasteiger partial charge in [0.1, 0.15) is 18.2 Å². The van der Waals surface area contributed by atoms with Gasteiger partial charge in [-0.05, 0) is 107 Å². The molecule has 2 bridgehead atoms. The Balaban J connectivity index is 1.70. The van der Waals surface area contributed by atoms with Gasteiger partial charge in [0.25, 0.3) is 11.7 Å². The summed E-state index contributed by atoms with van der Waals surface area (Å²) in [7, 11) is 4.53. The molecule has 0 aromatic carbocycles. The van der Waals surface area contributed by atoms with Crippen molar-refractivity contribution >= 4 is 29.2 Å². The number of nitrogens with zero attached hydrogens (tertiary/aromatic N) is 1. The van der Waals surface area contributed by atoms with Gasteiger partial charge in [0, 0.05) is 58.5 Å². The molecule has 1 amide bonds. The second-order valence-corrected chi connectivity index (χ2v) is 19.6. The lowest BCUT2D eigenvalue weighted by Crippen LogP contribution is -2.61. The molecule has 65 heavy (non-hydrogen) atoms. The number of piperidine rings is 1. The third kappa shape index (κ3) is 14.3. The number of hydrogen-bond donors (Lipinski definition) is 3. The van der Waals surface area contributed by atoms with Gasteiger partial charge in [0.05, 0.1) is 30.5 Å². The van der Waals surface area contributed by atoms with Crippen LogP contribution < -0.4 is 0 Å². The molecule has 366 valence electrons. The Morgan fingerprint density at radius 3 is 2.26 bits per heavy atom. The van der Waals surface area contributed by atoms with Gasteiger partial charge in [-0.3, -0.25) is 19.2 Å². The molecule has 15 atom stereocenters. The van der Waals surface area contributed by atoms with E-state index in [1.807, 2.05) is 58.1 Å². The summed E-state index contributed by atoms with van der Waals surface area (Å²) in [4.78, 5) is 71.7. The number of esters is 1. The van der Waals surface area contributed by atoms with Gasteiger partial charge in [-0.1, -0.05) is 71.1 Å². The Kier molecular flexibility index (Phi) is 21.0. The van der Waals surface area contributed by atoms with Crippen LogP contribution in [0.2, 0.25) is 0 Å². The quantitative estimate of drug-likeness (QED) is 0.202. The number of fused-ring (bicyclic) bond motifs is 3. The van der Waals surface area contributed by atoms with Gasteiger partial charge in [0.2, 0.25) is 5.79 Å². The van der Waals surface area contributed by atoms with Crippen LogP contribution in [0.25, 0.3) is 0 Å². The Hall–Kier alpha value is -3.37. The predicted molar refractivity (Wildman–Crippen MR) is 245 cm³/mol. The predicted octanol–water partition coefficient (Wildman–Crippen LogP) is 6.18. The van der Waals surface area contributed by atoms with Gasteiger partial charge in [-0.25, -0.2) is 4.79 Å². The number of cyclic esters (lactones) is 1. The monoisotopic (exact) mass is 914 g/mol. The van der Waals surface area contributed by atoms with Gasteiger partial charge < -0.3 is 43.9 Å². The maximum atomic E-state index is 14.4. The SMILES string of the molecule is CO[C@H]1C[C@@H]2CC[C@@H](C)[C@@](O)(O2)C(=O)C(=O)N2CCCC[C@H]2C(=O)O[C@H]([C@H](C)CC2CC[C@@H](O)[C@H](OC)C2)CC(=O)/C(C)=C/C(C)[C@@H](O)[C@H](OC)C(=O)[C@H](C)C[C@H](C)C=CC=CC=C1C. The molecule has 0 spiro atoms. The summed E-state index contributed by atoms with van der Waals surface area (Å²) in [6.45, 7) is 12.7. The number of Topliss-reactive ketones (excluding diaryl/α,β-unsaturated/α-hetero) is 3. The molecule has 14 nitrogen and oxygen atoms in total. The first-order valence-corrected chi connectivity index (χ1v) is 23.9. The summed E-state index contributed by atoms with van der Waals surface area (Å²) in [5.74, 6) is -7.93. The molecular weight excluding hydrogens is 835 g/mol. The van der Waals surface area contributed by atoms with Gasteiger partial charge in [-0.15, -0.1) is 0 Å². The lowest BCUT2D eigenvalue weighted by atomic mass is 9.78. The van der Waals surface area contributed by atoms with E-state index in [1.54, 1.807) is 41.1 Å². The van der Waals surface area contributed by atoms with E-state index >= 15 is 0 Å². The number of ether oxygens (including phenoxy) is 5. The van der Waals surface area contributed by atoms with Crippen LogP contribution in [0.15, 0.2) is 47.6 Å². The van der Waals surface area contributed by atoms with Crippen molar-refractivity contribution in [2.24, 2.45) is 35.5 Å². The van der Waals surface area contributed by atoms with E-state index < -0.39 is 83.9 Å². The Bertz CT molecular complexity index is 1760. The molecule has 1 saturated carbocycles. The lowest BCUT2D eigenvalue weighted by molar-refractivity contribution is -0.265. The van der Waals surface area contributed by atoms with E-state index in [-0.39, 0.29) is 54.8 Å². The molecule has 1 aliphatic carbocycles. The van der Waals surface area contributed by atoms with Crippen molar-refractivity contribution in [3.63, 3.8) is 0 Å². The fourth-order valence-corrected chi connectivity index (χ4v) is 10.1. The number of ketones is 3. The molecule has 3 fully saturated rings. The third-order valence-corrected chi connectivity index (χ3v) is 14.5. The van der Waals surface area contributed by atoms with E-state index in [1.165, 1.54) is 12.0 Å². The van der Waals surface area contributed by atoms with Crippen LogP contribution in [-0.2, 0) is 47.7 Å². The molecule has 2 unspecified atom stereocenters. The molecule has 0 aromatic heterocycles.